The summed E-state index contributed by atoms with van der Waals surface area (Å²) in [5, 5.41) is 2.74. The highest BCUT2D eigenvalue weighted by atomic mass is 32.2. The molecule has 2 N–H and O–H groups in total. The minimum Gasteiger partial charge on any atom is -0.352 e. The molecular weight excluding hydrogens is 288 g/mol. The van der Waals surface area contributed by atoms with Gasteiger partial charge >= 0.3 is 0 Å². The van der Waals surface area contributed by atoms with E-state index in [0.29, 0.717) is 12.8 Å². The van der Waals surface area contributed by atoms with E-state index in [1.165, 1.54) is 0 Å². The van der Waals surface area contributed by atoms with Gasteiger partial charge in [0, 0.05) is 19.0 Å². The lowest BCUT2D eigenvalue weighted by Crippen LogP contribution is -2.38. The second kappa shape index (κ2) is 5.77. The number of hydrogen-bond acceptors (Lipinski definition) is 3. The molecule has 116 valence electrons. The molecule has 1 atom stereocenters. The van der Waals surface area contributed by atoms with Crippen molar-refractivity contribution in [1.82, 2.24) is 10.0 Å². The molecule has 2 rings (SSSR count). The van der Waals surface area contributed by atoms with Crippen LogP contribution >= 0.6 is 0 Å². The second-order valence-electron chi connectivity index (χ2n) is 6.43. The fourth-order valence-electron chi connectivity index (χ4n) is 2.26. The maximum atomic E-state index is 12.2. The smallest absolute Gasteiger partial charge is 0.240 e. The predicted octanol–water partition coefficient (Wildman–Crippen LogP) is 1.54. The summed E-state index contributed by atoms with van der Waals surface area (Å²) < 4.78 is 27.0. The molecule has 0 saturated carbocycles. The van der Waals surface area contributed by atoms with Gasteiger partial charge in [0.2, 0.25) is 15.9 Å². The van der Waals surface area contributed by atoms with Crippen LogP contribution in [-0.4, -0.2) is 26.9 Å². The van der Waals surface area contributed by atoms with Crippen LogP contribution in [0.5, 0.6) is 0 Å². The van der Waals surface area contributed by atoms with Crippen LogP contribution in [-0.2, 0) is 20.2 Å². The molecule has 1 fully saturated rings. The highest BCUT2D eigenvalue weighted by Gasteiger charge is 2.23. The number of sulfonamides is 1. The maximum absolute atomic E-state index is 12.2. The minimum absolute atomic E-state index is 0.0101. The number of hydrogen-bond donors (Lipinski definition) is 2. The van der Waals surface area contributed by atoms with Crippen LogP contribution in [0.15, 0.2) is 29.2 Å². The Hall–Kier alpha value is -1.40. The van der Waals surface area contributed by atoms with Gasteiger partial charge in [-0.3, -0.25) is 4.79 Å². The Morgan fingerprint density at radius 1 is 1.24 bits per heavy atom. The van der Waals surface area contributed by atoms with E-state index < -0.39 is 10.0 Å². The van der Waals surface area contributed by atoms with E-state index in [2.05, 4.69) is 30.8 Å². The van der Waals surface area contributed by atoms with Crippen molar-refractivity contribution in [1.29, 1.82) is 0 Å². The third-order valence-corrected chi connectivity index (χ3v) is 5.07. The van der Waals surface area contributed by atoms with Crippen LogP contribution in [0, 0.1) is 0 Å². The molecule has 1 heterocycles. The highest BCUT2D eigenvalue weighted by Crippen LogP contribution is 2.23. The van der Waals surface area contributed by atoms with Gasteiger partial charge in [-0.15, -0.1) is 0 Å². The summed E-state index contributed by atoms with van der Waals surface area (Å²) >= 11 is 0. The van der Waals surface area contributed by atoms with Gasteiger partial charge in [0.15, 0.2) is 0 Å². The molecule has 1 unspecified atom stereocenters. The molecule has 1 aliphatic heterocycles. The molecule has 1 aliphatic rings. The summed E-state index contributed by atoms with van der Waals surface area (Å²) in [6.07, 6.45) is 1.14. The summed E-state index contributed by atoms with van der Waals surface area (Å²) in [6.45, 7) is 6.47. The first-order chi connectivity index (χ1) is 9.68. The van der Waals surface area contributed by atoms with Crippen LogP contribution in [0.4, 0.5) is 0 Å². The second-order valence-corrected chi connectivity index (χ2v) is 8.20. The summed E-state index contributed by atoms with van der Waals surface area (Å²) in [5.41, 5.74) is 1.08. The molecule has 5 nitrogen and oxygen atoms in total. The van der Waals surface area contributed by atoms with Crippen molar-refractivity contribution in [2.75, 3.05) is 6.54 Å². The first-order valence-electron chi connectivity index (χ1n) is 7.08. The molecule has 0 bridgehead atoms. The Bertz CT molecular complexity index is 615. The van der Waals surface area contributed by atoms with Gasteiger partial charge in [0.25, 0.3) is 0 Å². The van der Waals surface area contributed by atoms with Crippen molar-refractivity contribution in [2.45, 2.75) is 50.0 Å². The molecule has 21 heavy (non-hydrogen) atoms. The van der Waals surface area contributed by atoms with Crippen molar-refractivity contribution in [3.05, 3.63) is 29.8 Å². The summed E-state index contributed by atoms with van der Waals surface area (Å²) in [6, 6.07) is 6.81. The molecule has 0 aliphatic carbocycles. The van der Waals surface area contributed by atoms with Gasteiger partial charge in [-0.25, -0.2) is 13.1 Å². The molecule has 0 radical (unpaired) electrons. The summed E-state index contributed by atoms with van der Waals surface area (Å²) in [5.74, 6) is -0.0197. The topological polar surface area (TPSA) is 75.3 Å². The molecule has 1 amide bonds. The zero-order valence-electron chi connectivity index (χ0n) is 12.6. The lowest BCUT2D eigenvalue weighted by Gasteiger charge is -2.19. The van der Waals surface area contributed by atoms with Crippen molar-refractivity contribution in [2.24, 2.45) is 0 Å². The van der Waals surface area contributed by atoms with E-state index in [-0.39, 0.29) is 28.8 Å². The highest BCUT2D eigenvalue weighted by molar-refractivity contribution is 7.89. The average molecular weight is 310 g/mol. The van der Waals surface area contributed by atoms with E-state index >= 15 is 0 Å². The largest absolute Gasteiger partial charge is 0.352 e. The Kier molecular flexibility index (Phi) is 4.39. The number of rotatable bonds is 4. The van der Waals surface area contributed by atoms with Crippen LogP contribution in [0.1, 0.15) is 39.2 Å². The van der Waals surface area contributed by atoms with Crippen LogP contribution < -0.4 is 10.0 Å². The van der Waals surface area contributed by atoms with Crippen LogP contribution in [0.25, 0.3) is 0 Å². The van der Waals surface area contributed by atoms with E-state index in [0.717, 1.165) is 5.56 Å². The number of carbonyl (C=O) groups is 1. The zero-order valence-corrected chi connectivity index (χ0v) is 13.5. The van der Waals surface area contributed by atoms with Gasteiger partial charge < -0.3 is 5.32 Å². The average Bonchev–Trinajstić information content (AvgIpc) is 2.82. The van der Waals surface area contributed by atoms with Crippen molar-refractivity contribution < 1.29 is 13.2 Å². The Morgan fingerprint density at radius 3 is 2.33 bits per heavy atom. The van der Waals surface area contributed by atoms with Gasteiger partial charge in [0.05, 0.1) is 4.90 Å². The van der Waals surface area contributed by atoms with E-state index in [1.807, 2.05) is 12.1 Å². The number of amides is 1. The molecule has 0 aromatic heterocycles. The minimum atomic E-state index is -3.53. The predicted molar refractivity (Wildman–Crippen MR) is 81.5 cm³/mol. The maximum Gasteiger partial charge on any atom is 0.240 e. The number of carbonyl (C=O) groups excluding carboxylic acids is 1. The monoisotopic (exact) mass is 310 g/mol. The Labute approximate surface area is 126 Å². The SMILES string of the molecule is CC(C)(C)c1ccc(S(=O)(=O)NCC2CCC(=O)N2)cc1. The van der Waals surface area contributed by atoms with Crippen molar-refractivity contribution in [3.63, 3.8) is 0 Å². The van der Waals surface area contributed by atoms with Gasteiger partial charge in [-0.2, -0.15) is 0 Å². The zero-order chi connectivity index (χ0) is 15.7. The molecule has 0 spiro atoms. The lowest BCUT2D eigenvalue weighted by atomic mass is 9.87. The first-order valence-corrected chi connectivity index (χ1v) is 8.56. The first kappa shape index (κ1) is 16.0. The van der Waals surface area contributed by atoms with Crippen LogP contribution in [0.3, 0.4) is 0 Å². The van der Waals surface area contributed by atoms with Crippen molar-refractivity contribution in [3.8, 4) is 0 Å². The van der Waals surface area contributed by atoms with Crippen molar-refractivity contribution >= 4 is 15.9 Å². The summed E-state index contributed by atoms with van der Waals surface area (Å²) in [4.78, 5) is 11.3. The van der Waals surface area contributed by atoms with Gasteiger partial charge in [0.1, 0.15) is 0 Å². The molecule has 1 saturated heterocycles. The van der Waals surface area contributed by atoms with Crippen LogP contribution in [0.2, 0.25) is 0 Å². The fourth-order valence-corrected chi connectivity index (χ4v) is 3.34. The third kappa shape index (κ3) is 4.04. The normalized spacial score (nSPS) is 19.6. The lowest BCUT2D eigenvalue weighted by molar-refractivity contribution is -0.119. The van der Waals surface area contributed by atoms with E-state index in [9.17, 15) is 13.2 Å². The Balaban J connectivity index is 2.04. The van der Waals surface area contributed by atoms with Gasteiger partial charge in [-0.05, 0) is 29.5 Å². The number of benzene rings is 1. The van der Waals surface area contributed by atoms with E-state index in [1.54, 1.807) is 12.1 Å². The number of nitrogens with one attached hydrogen (secondary N) is 2. The third-order valence-electron chi connectivity index (χ3n) is 3.64. The quantitative estimate of drug-likeness (QED) is 0.886. The van der Waals surface area contributed by atoms with E-state index in [4.69, 9.17) is 0 Å². The fraction of sp³-hybridized carbons (Fsp3) is 0.533. The Morgan fingerprint density at radius 2 is 1.86 bits per heavy atom. The molecular formula is C15H22N2O3S. The summed E-state index contributed by atoms with van der Waals surface area (Å²) in [7, 11) is -3.53. The molecule has 1 aromatic rings. The molecule has 6 heteroatoms. The standard InChI is InChI=1S/C15H22N2O3S/c1-15(2,3)11-4-7-13(8-5-11)21(19,20)16-10-12-6-9-14(18)17-12/h4-5,7-8,12,16H,6,9-10H2,1-3H3,(H,17,18). The van der Waals surface area contributed by atoms with Gasteiger partial charge in [-0.1, -0.05) is 32.9 Å². The molecule has 1 aromatic carbocycles.